The van der Waals surface area contributed by atoms with Crippen LogP contribution in [0.4, 0.5) is 0 Å². The molecule has 0 saturated heterocycles. The summed E-state index contributed by atoms with van der Waals surface area (Å²) in [7, 11) is 0. The highest BCUT2D eigenvalue weighted by molar-refractivity contribution is 7.99. The standard InChI is InChI=1S/C44H28OS/c1-2-13-28(14-3-1)39-25-36-40(46-39)26-38-43(35-20-10-11-21-37(35)45-38)44(36)42-33-18-8-6-16-31(33)41(32-17-7-9-19-34(32)42)30-23-22-27-12-4-5-15-29(27)24-30/h1-24,26,39H,25H2. The molecule has 0 saturated carbocycles. The number of para-hydroxylation sites is 1. The molecule has 0 spiro atoms. The fourth-order valence-corrected chi connectivity index (χ4v) is 9.13. The summed E-state index contributed by atoms with van der Waals surface area (Å²) in [4.78, 5) is 1.32. The summed E-state index contributed by atoms with van der Waals surface area (Å²) >= 11 is 1.97. The van der Waals surface area contributed by atoms with Gasteiger partial charge in [0, 0.05) is 20.9 Å². The van der Waals surface area contributed by atoms with Gasteiger partial charge in [-0.1, -0.05) is 133 Å². The molecule has 216 valence electrons. The molecule has 1 aliphatic heterocycles. The molecule has 0 aliphatic carbocycles. The highest BCUT2D eigenvalue weighted by Gasteiger charge is 2.31. The molecule has 10 rings (SSSR count). The predicted molar refractivity (Wildman–Crippen MR) is 196 cm³/mol. The zero-order valence-electron chi connectivity index (χ0n) is 25.0. The van der Waals surface area contributed by atoms with Gasteiger partial charge in [-0.05, 0) is 90.3 Å². The van der Waals surface area contributed by atoms with Crippen LogP contribution >= 0.6 is 11.8 Å². The number of benzene rings is 8. The van der Waals surface area contributed by atoms with Crippen LogP contribution < -0.4 is 0 Å². The van der Waals surface area contributed by atoms with E-state index in [1.54, 1.807) is 0 Å². The van der Waals surface area contributed by atoms with Crippen LogP contribution in [-0.2, 0) is 6.42 Å². The van der Waals surface area contributed by atoms with E-state index in [9.17, 15) is 0 Å². The van der Waals surface area contributed by atoms with Gasteiger partial charge in [-0.15, -0.1) is 11.8 Å². The van der Waals surface area contributed by atoms with Crippen molar-refractivity contribution in [2.45, 2.75) is 16.6 Å². The second-order valence-electron chi connectivity index (χ2n) is 12.3. The number of hydrogen-bond donors (Lipinski definition) is 0. The van der Waals surface area contributed by atoms with Crippen molar-refractivity contribution in [3.63, 3.8) is 0 Å². The summed E-state index contributed by atoms with van der Waals surface area (Å²) in [6.07, 6.45) is 0.976. The van der Waals surface area contributed by atoms with Crippen molar-refractivity contribution in [1.82, 2.24) is 0 Å². The lowest BCUT2D eigenvalue weighted by Crippen LogP contribution is -1.97. The van der Waals surface area contributed by atoms with Crippen molar-refractivity contribution in [2.75, 3.05) is 0 Å². The van der Waals surface area contributed by atoms with Crippen LogP contribution in [0.2, 0.25) is 0 Å². The molecule has 0 radical (unpaired) electrons. The maximum atomic E-state index is 6.63. The first kappa shape index (κ1) is 26.0. The Kier molecular flexibility index (Phi) is 5.70. The van der Waals surface area contributed by atoms with Gasteiger partial charge in [-0.25, -0.2) is 0 Å². The summed E-state index contributed by atoms with van der Waals surface area (Å²) in [5, 5.41) is 10.4. The average Bonchev–Trinajstić information content (AvgIpc) is 3.71. The van der Waals surface area contributed by atoms with E-state index in [0.29, 0.717) is 5.25 Å². The topological polar surface area (TPSA) is 13.1 Å². The minimum absolute atomic E-state index is 0.363. The van der Waals surface area contributed by atoms with Gasteiger partial charge in [0.05, 0.1) is 0 Å². The molecule has 2 heteroatoms. The first-order valence-corrected chi connectivity index (χ1v) is 16.8. The molecule has 1 aromatic heterocycles. The zero-order valence-corrected chi connectivity index (χ0v) is 25.9. The van der Waals surface area contributed by atoms with E-state index < -0.39 is 0 Å². The quantitative estimate of drug-likeness (QED) is 0.186. The molecule has 9 aromatic rings. The smallest absolute Gasteiger partial charge is 0.137 e. The van der Waals surface area contributed by atoms with Crippen molar-refractivity contribution < 1.29 is 4.42 Å². The van der Waals surface area contributed by atoms with Gasteiger partial charge in [0.1, 0.15) is 11.2 Å². The normalized spacial score (nSPS) is 14.6. The Hall–Kier alpha value is -5.31. The van der Waals surface area contributed by atoms with Crippen LogP contribution in [0.15, 0.2) is 161 Å². The molecule has 0 bridgehead atoms. The van der Waals surface area contributed by atoms with Crippen molar-refractivity contribution in [3.8, 4) is 22.3 Å². The molecule has 0 N–H and O–H groups in total. The largest absolute Gasteiger partial charge is 0.456 e. The van der Waals surface area contributed by atoms with E-state index in [0.717, 1.165) is 17.6 Å². The molecule has 0 amide bonds. The van der Waals surface area contributed by atoms with Gasteiger partial charge in [-0.3, -0.25) is 0 Å². The van der Waals surface area contributed by atoms with Gasteiger partial charge in [0.15, 0.2) is 0 Å². The third-order valence-electron chi connectivity index (χ3n) is 9.78. The Morgan fingerprint density at radius 1 is 0.478 bits per heavy atom. The van der Waals surface area contributed by atoms with Crippen molar-refractivity contribution >= 4 is 66.0 Å². The van der Waals surface area contributed by atoms with Gasteiger partial charge in [0.2, 0.25) is 0 Å². The Morgan fingerprint density at radius 2 is 1.09 bits per heavy atom. The maximum absolute atomic E-state index is 6.63. The minimum atomic E-state index is 0.363. The predicted octanol–water partition coefficient (Wildman–Crippen LogP) is 12.8. The third kappa shape index (κ3) is 3.84. The molecular formula is C44H28OS. The van der Waals surface area contributed by atoms with Gasteiger partial charge < -0.3 is 4.42 Å². The molecule has 46 heavy (non-hydrogen) atoms. The first-order chi connectivity index (χ1) is 22.8. The third-order valence-corrected chi connectivity index (χ3v) is 11.1. The molecule has 1 unspecified atom stereocenters. The van der Waals surface area contributed by atoms with Crippen molar-refractivity contribution in [1.29, 1.82) is 0 Å². The van der Waals surface area contributed by atoms with Crippen LogP contribution in [0.25, 0.3) is 76.5 Å². The Labute approximate surface area is 271 Å². The van der Waals surface area contributed by atoms with Crippen molar-refractivity contribution in [3.05, 3.63) is 163 Å². The highest BCUT2D eigenvalue weighted by atomic mass is 32.2. The Balaban J connectivity index is 1.34. The average molecular weight is 605 g/mol. The monoisotopic (exact) mass is 604 g/mol. The lowest BCUT2D eigenvalue weighted by atomic mass is 9.82. The van der Waals surface area contributed by atoms with Crippen molar-refractivity contribution in [2.24, 2.45) is 0 Å². The van der Waals surface area contributed by atoms with Crippen LogP contribution in [0.1, 0.15) is 16.4 Å². The van der Waals surface area contributed by atoms with E-state index in [4.69, 9.17) is 4.42 Å². The fourth-order valence-electron chi connectivity index (χ4n) is 7.78. The zero-order chi connectivity index (χ0) is 30.2. The molecule has 1 atom stereocenters. The minimum Gasteiger partial charge on any atom is -0.456 e. The van der Waals surface area contributed by atoms with Crippen LogP contribution in [0, 0.1) is 0 Å². The molecule has 2 heterocycles. The second kappa shape index (κ2) is 10.1. The molecule has 1 aliphatic rings. The van der Waals surface area contributed by atoms with Crippen LogP contribution in [0.3, 0.4) is 0 Å². The summed E-state index contributed by atoms with van der Waals surface area (Å²) < 4.78 is 6.63. The SMILES string of the molecule is c1ccc(C2Cc3c(cc4oc5ccccc5c4c3-c3c4ccccc4c(-c4ccc5ccccc5c4)c4ccccc34)S2)cc1. The molecule has 8 aromatic carbocycles. The van der Waals surface area contributed by atoms with Crippen LogP contribution in [-0.4, -0.2) is 0 Å². The van der Waals surface area contributed by atoms with E-state index in [1.165, 1.54) is 81.4 Å². The lowest BCUT2D eigenvalue weighted by molar-refractivity contribution is 0.667. The van der Waals surface area contributed by atoms with E-state index in [-0.39, 0.29) is 0 Å². The van der Waals surface area contributed by atoms with Crippen LogP contribution in [0.5, 0.6) is 0 Å². The van der Waals surface area contributed by atoms with E-state index in [2.05, 4.69) is 152 Å². The van der Waals surface area contributed by atoms with E-state index in [1.807, 2.05) is 11.8 Å². The lowest BCUT2D eigenvalue weighted by Gasteiger charge is -2.20. The molecular weight excluding hydrogens is 577 g/mol. The number of thioether (sulfide) groups is 1. The number of fused-ring (bicyclic) bond motifs is 7. The van der Waals surface area contributed by atoms with Gasteiger partial charge in [-0.2, -0.15) is 0 Å². The molecule has 1 nitrogen and oxygen atoms in total. The second-order valence-corrected chi connectivity index (χ2v) is 13.6. The summed E-state index contributed by atoms with van der Waals surface area (Å²) in [5.74, 6) is 0. The number of rotatable bonds is 3. The molecule has 0 fully saturated rings. The Morgan fingerprint density at radius 3 is 1.83 bits per heavy atom. The van der Waals surface area contributed by atoms with E-state index >= 15 is 0 Å². The number of furan rings is 1. The van der Waals surface area contributed by atoms with Gasteiger partial charge in [0.25, 0.3) is 0 Å². The Bertz CT molecular complexity index is 2590. The first-order valence-electron chi connectivity index (χ1n) is 15.9. The summed E-state index contributed by atoms with van der Waals surface area (Å²) in [5.41, 5.74) is 9.85. The summed E-state index contributed by atoms with van der Waals surface area (Å²) in [6.45, 7) is 0. The number of hydrogen-bond acceptors (Lipinski definition) is 2. The maximum Gasteiger partial charge on any atom is 0.137 e. The fraction of sp³-hybridized carbons (Fsp3) is 0.0455. The van der Waals surface area contributed by atoms with Gasteiger partial charge >= 0.3 is 0 Å². The summed E-state index contributed by atoms with van der Waals surface area (Å²) in [6, 6.07) is 55.4. The highest BCUT2D eigenvalue weighted by Crippen LogP contribution is 2.55.